The molecule has 0 aliphatic heterocycles. The van der Waals surface area contributed by atoms with Gasteiger partial charge in [0, 0.05) is 25.7 Å². The molecule has 1 N–H and O–H groups in total. The van der Waals surface area contributed by atoms with Gasteiger partial charge in [-0.3, -0.25) is 4.79 Å². The number of unbranched alkanes of at least 4 members (excludes halogenated alkanes) is 1. The highest BCUT2D eigenvalue weighted by atomic mass is 32.1. The van der Waals surface area contributed by atoms with Gasteiger partial charge in [0.1, 0.15) is 5.01 Å². The van der Waals surface area contributed by atoms with Gasteiger partial charge in [-0.2, -0.15) is 0 Å². The molecule has 0 aliphatic carbocycles. The summed E-state index contributed by atoms with van der Waals surface area (Å²) in [5.41, 5.74) is 3.44. The number of rotatable bonds is 7. The Bertz CT molecular complexity index is 640. The Hall–Kier alpha value is -1.79. The number of nitrogens with one attached hydrogen (secondary N) is 1. The maximum atomic E-state index is 11.8. The van der Waals surface area contributed by atoms with Gasteiger partial charge in [-0.05, 0) is 32.3 Å². The summed E-state index contributed by atoms with van der Waals surface area (Å²) in [6, 6.07) is 6.21. The van der Waals surface area contributed by atoms with Crippen LogP contribution in [0.5, 0.6) is 0 Å². The summed E-state index contributed by atoms with van der Waals surface area (Å²) >= 11 is 1.40. The molecule has 5 nitrogen and oxygen atoms in total. The van der Waals surface area contributed by atoms with Crippen molar-refractivity contribution in [1.82, 2.24) is 10.2 Å². The third-order valence-corrected chi connectivity index (χ3v) is 4.16. The van der Waals surface area contributed by atoms with Gasteiger partial charge in [0.05, 0.1) is 0 Å². The van der Waals surface area contributed by atoms with Gasteiger partial charge in [0.25, 0.3) is 0 Å². The van der Waals surface area contributed by atoms with Crippen LogP contribution in [0.15, 0.2) is 18.2 Å². The van der Waals surface area contributed by atoms with Gasteiger partial charge in [-0.15, -0.1) is 10.2 Å². The topological polar surface area (TPSA) is 64.1 Å². The van der Waals surface area contributed by atoms with E-state index in [0.29, 0.717) is 18.2 Å². The molecule has 1 heterocycles. The summed E-state index contributed by atoms with van der Waals surface area (Å²) in [5.74, 6) is -0.0283. The second kappa shape index (κ2) is 8.00. The summed E-state index contributed by atoms with van der Waals surface area (Å²) in [6.07, 6.45) is 2.16. The van der Waals surface area contributed by atoms with E-state index in [2.05, 4.69) is 41.5 Å². The maximum absolute atomic E-state index is 11.8. The Labute approximate surface area is 134 Å². The smallest absolute Gasteiger partial charge is 0.226 e. The molecule has 1 aromatic heterocycles. The third-order valence-electron chi connectivity index (χ3n) is 3.29. The normalized spacial score (nSPS) is 10.7. The summed E-state index contributed by atoms with van der Waals surface area (Å²) in [4.78, 5) is 11.8. The maximum Gasteiger partial charge on any atom is 0.226 e. The molecule has 0 saturated carbocycles. The van der Waals surface area contributed by atoms with Crippen molar-refractivity contribution in [3.8, 4) is 10.6 Å². The largest absolute Gasteiger partial charge is 0.385 e. The molecule has 0 atom stereocenters. The first-order valence-electron chi connectivity index (χ1n) is 7.30. The molecule has 2 aromatic rings. The lowest BCUT2D eigenvalue weighted by Crippen LogP contribution is -2.11. The number of hydrogen-bond donors (Lipinski definition) is 1. The van der Waals surface area contributed by atoms with E-state index in [1.165, 1.54) is 16.9 Å². The highest BCUT2D eigenvalue weighted by molar-refractivity contribution is 7.18. The number of amides is 1. The first kappa shape index (κ1) is 16.6. The number of aryl methyl sites for hydroxylation is 2. The first-order valence-corrected chi connectivity index (χ1v) is 8.11. The zero-order valence-electron chi connectivity index (χ0n) is 13.2. The fourth-order valence-corrected chi connectivity index (χ4v) is 3.00. The molecule has 0 radical (unpaired) electrons. The molecule has 0 spiro atoms. The molecule has 0 saturated heterocycles. The van der Waals surface area contributed by atoms with E-state index in [-0.39, 0.29) is 5.91 Å². The lowest BCUT2D eigenvalue weighted by Gasteiger charge is -2.02. The summed E-state index contributed by atoms with van der Waals surface area (Å²) in [5, 5.41) is 12.4. The van der Waals surface area contributed by atoms with Crippen molar-refractivity contribution < 1.29 is 9.53 Å². The first-order chi connectivity index (χ1) is 10.6. The second-order valence-electron chi connectivity index (χ2n) is 5.23. The molecule has 6 heteroatoms. The SMILES string of the molecule is COCCCCC(=O)Nc1nnc(-c2ccc(C)cc2C)s1. The van der Waals surface area contributed by atoms with Crippen LogP contribution in [-0.2, 0) is 9.53 Å². The van der Waals surface area contributed by atoms with Crippen LogP contribution in [0.2, 0.25) is 0 Å². The molecule has 0 fully saturated rings. The molecule has 0 aliphatic rings. The average Bonchev–Trinajstić information content (AvgIpc) is 2.92. The van der Waals surface area contributed by atoms with Crippen LogP contribution in [0.4, 0.5) is 5.13 Å². The van der Waals surface area contributed by atoms with E-state index < -0.39 is 0 Å². The predicted octanol–water partition coefficient (Wildman–Crippen LogP) is 3.58. The lowest BCUT2D eigenvalue weighted by atomic mass is 10.1. The van der Waals surface area contributed by atoms with Crippen molar-refractivity contribution in [3.05, 3.63) is 29.3 Å². The molecule has 1 aromatic carbocycles. The van der Waals surface area contributed by atoms with E-state index in [0.717, 1.165) is 29.0 Å². The van der Waals surface area contributed by atoms with Crippen molar-refractivity contribution in [2.75, 3.05) is 19.0 Å². The fraction of sp³-hybridized carbons (Fsp3) is 0.438. The number of carbonyl (C=O) groups is 1. The summed E-state index contributed by atoms with van der Waals surface area (Å²) in [7, 11) is 1.66. The molecule has 0 bridgehead atoms. The summed E-state index contributed by atoms with van der Waals surface area (Å²) < 4.78 is 4.96. The van der Waals surface area contributed by atoms with Crippen LogP contribution < -0.4 is 5.32 Å². The zero-order valence-corrected chi connectivity index (χ0v) is 14.0. The minimum atomic E-state index is -0.0283. The summed E-state index contributed by atoms with van der Waals surface area (Å²) in [6.45, 7) is 4.80. The Morgan fingerprint density at radius 2 is 2.09 bits per heavy atom. The number of nitrogens with zero attached hydrogens (tertiary/aromatic N) is 2. The number of methoxy groups -OCH3 is 1. The lowest BCUT2D eigenvalue weighted by molar-refractivity contribution is -0.116. The number of hydrogen-bond acceptors (Lipinski definition) is 5. The number of aromatic nitrogens is 2. The van der Waals surface area contributed by atoms with E-state index in [1.54, 1.807) is 7.11 Å². The van der Waals surface area contributed by atoms with Crippen LogP contribution in [0.3, 0.4) is 0 Å². The Kier molecular flexibility index (Phi) is 6.03. The monoisotopic (exact) mass is 319 g/mol. The van der Waals surface area contributed by atoms with Gasteiger partial charge in [0.2, 0.25) is 11.0 Å². The fourth-order valence-electron chi connectivity index (χ4n) is 2.15. The Morgan fingerprint density at radius 1 is 1.27 bits per heavy atom. The van der Waals surface area contributed by atoms with Gasteiger partial charge < -0.3 is 10.1 Å². The van der Waals surface area contributed by atoms with Crippen LogP contribution in [0.1, 0.15) is 30.4 Å². The van der Waals surface area contributed by atoms with Crippen molar-refractivity contribution in [2.45, 2.75) is 33.1 Å². The molecule has 118 valence electrons. The second-order valence-corrected chi connectivity index (χ2v) is 6.21. The third kappa shape index (κ3) is 4.61. The quantitative estimate of drug-likeness (QED) is 0.792. The van der Waals surface area contributed by atoms with Crippen molar-refractivity contribution in [3.63, 3.8) is 0 Å². The Morgan fingerprint density at radius 3 is 2.82 bits per heavy atom. The van der Waals surface area contributed by atoms with E-state index >= 15 is 0 Å². The van der Waals surface area contributed by atoms with Crippen molar-refractivity contribution in [1.29, 1.82) is 0 Å². The highest BCUT2D eigenvalue weighted by Crippen LogP contribution is 2.29. The average molecular weight is 319 g/mol. The molecule has 2 rings (SSSR count). The van der Waals surface area contributed by atoms with Gasteiger partial charge in [0.15, 0.2) is 0 Å². The van der Waals surface area contributed by atoms with Gasteiger partial charge in [-0.25, -0.2) is 0 Å². The number of benzene rings is 1. The number of ether oxygens (including phenoxy) is 1. The van der Waals surface area contributed by atoms with Gasteiger partial charge >= 0.3 is 0 Å². The van der Waals surface area contributed by atoms with Crippen LogP contribution in [0.25, 0.3) is 10.6 Å². The van der Waals surface area contributed by atoms with Crippen molar-refractivity contribution in [2.24, 2.45) is 0 Å². The zero-order chi connectivity index (χ0) is 15.9. The Balaban J connectivity index is 1.95. The minimum absolute atomic E-state index is 0.0283. The molecular weight excluding hydrogens is 298 g/mol. The molecule has 0 unspecified atom stereocenters. The number of anilines is 1. The van der Waals surface area contributed by atoms with Crippen molar-refractivity contribution >= 4 is 22.4 Å². The van der Waals surface area contributed by atoms with E-state index in [9.17, 15) is 4.79 Å². The molecule has 1 amide bonds. The van der Waals surface area contributed by atoms with E-state index in [4.69, 9.17) is 4.74 Å². The standard InChI is InChI=1S/C16H21N3O2S/c1-11-7-8-13(12(2)10-11)15-18-19-16(22-15)17-14(20)6-4-5-9-21-3/h7-8,10H,4-6,9H2,1-3H3,(H,17,19,20). The van der Waals surface area contributed by atoms with Crippen LogP contribution in [-0.4, -0.2) is 29.8 Å². The minimum Gasteiger partial charge on any atom is -0.385 e. The van der Waals surface area contributed by atoms with Crippen LogP contribution >= 0.6 is 11.3 Å². The van der Waals surface area contributed by atoms with E-state index in [1.807, 2.05) is 6.07 Å². The molecular formula is C16H21N3O2S. The number of carbonyl (C=O) groups excluding carboxylic acids is 1. The van der Waals surface area contributed by atoms with Gasteiger partial charge in [-0.1, -0.05) is 35.1 Å². The highest BCUT2D eigenvalue weighted by Gasteiger charge is 2.11. The van der Waals surface area contributed by atoms with Crippen LogP contribution in [0, 0.1) is 13.8 Å². The predicted molar refractivity (Wildman–Crippen MR) is 89.2 cm³/mol. The molecule has 22 heavy (non-hydrogen) atoms.